The van der Waals surface area contributed by atoms with Gasteiger partial charge in [-0.2, -0.15) is 0 Å². The molecule has 2 aromatic heterocycles. The Morgan fingerprint density at radius 2 is 1.96 bits per heavy atom. The molecule has 3 aromatic rings. The van der Waals surface area contributed by atoms with Crippen molar-refractivity contribution in [3.63, 3.8) is 0 Å². The molecule has 1 fully saturated rings. The summed E-state index contributed by atoms with van der Waals surface area (Å²) in [5, 5.41) is 4.16. The third kappa shape index (κ3) is 3.17. The number of rotatable bonds is 4. The van der Waals surface area contributed by atoms with Crippen LogP contribution in [0.1, 0.15) is 34.7 Å². The van der Waals surface area contributed by atoms with Crippen LogP contribution in [0.25, 0.3) is 0 Å². The first-order chi connectivity index (χ1) is 13.1. The highest BCUT2D eigenvalue weighted by Gasteiger charge is 2.41. The Kier molecular flexibility index (Phi) is 4.58. The predicted molar refractivity (Wildman–Crippen MR) is 111 cm³/mol. The van der Waals surface area contributed by atoms with Crippen LogP contribution in [-0.4, -0.2) is 22.2 Å². The van der Waals surface area contributed by atoms with E-state index in [1.807, 2.05) is 42.6 Å². The Morgan fingerprint density at radius 1 is 1.11 bits per heavy atom. The lowest BCUT2D eigenvalue weighted by Crippen LogP contribution is -2.29. The van der Waals surface area contributed by atoms with Crippen molar-refractivity contribution in [1.29, 1.82) is 0 Å². The summed E-state index contributed by atoms with van der Waals surface area (Å²) < 4.78 is 5.42. The summed E-state index contributed by atoms with van der Waals surface area (Å²) in [5.74, 6) is 0.803. The second kappa shape index (κ2) is 7.04. The standard InChI is InChI=1S/C21H22N4OS/c1-13-11-17(14(2)23-13)20-19(18-9-4-5-10-22-18)24-21(27)25(20)15-7-6-8-16(12-15)26-3/h4-12,19-20,23H,1-3H3,(H,24,27)/t19-,20+/m0/s1. The molecule has 0 bridgehead atoms. The van der Waals surface area contributed by atoms with E-state index in [-0.39, 0.29) is 12.1 Å². The van der Waals surface area contributed by atoms with Gasteiger partial charge in [-0.3, -0.25) is 4.98 Å². The van der Waals surface area contributed by atoms with Crippen LogP contribution in [0.2, 0.25) is 0 Å². The van der Waals surface area contributed by atoms with E-state index in [9.17, 15) is 0 Å². The average molecular weight is 379 g/mol. The van der Waals surface area contributed by atoms with Gasteiger partial charge in [0.1, 0.15) is 5.75 Å². The van der Waals surface area contributed by atoms with Crippen LogP contribution >= 0.6 is 12.2 Å². The minimum absolute atomic E-state index is 0.00976. The fourth-order valence-corrected chi connectivity index (χ4v) is 4.11. The van der Waals surface area contributed by atoms with Crippen molar-refractivity contribution in [2.24, 2.45) is 0 Å². The maximum Gasteiger partial charge on any atom is 0.174 e. The van der Waals surface area contributed by atoms with Crippen LogP contribution in [0.4, 0.5) is 5.69 Å². The molecule has 0 unspecified atom stereocenters. The average Bonchev–Trinajstić information content (AvgIpc) is 3.20. The fraction of sp³-hybridized carbons (Fsp3) is 0.238. The largest absolute Gasteiger partial charge is 0.497 e. The van der Waals surface area contributed by atoms with Crippen molar-refractivity contribution in [3.05, 3.63) is 77.4 Å². The molecule has 2 N–H and O–H groups in total. The molecule has 6 heteroatoms. The lowest BCUT2D eigenvalue weighted by molar-refractivity contribution is 0.415. The van der Waals surface area contributed by atoms with E-state index in [2.05, 4.69) is 46.2 Å². The summed E-state index contributed by atoms with van der Waals surface area (Å²) in [4.78, 5) is 10.2. The topological polar surface area (TPSA) is 53.2 Å². The molecule has 138 valence electrons. The second-order valence-electron chi connectivity index (χ2n) is 6.73. The molecule has 0 saturated carbocycles. The van der Waals surface area contributed by atoms with Gasteiger partial charge in [0.05, 0.1) is 24.9 Å². The van der Waals surface area contributed by atoms with Gasteiger partial charge in [-0.1, -0.05) is 12.1 Å². The maximum absolute atomic E-state index is 5.74. The number of benzene rings is 1. The molecule has 2 atom stereocenters. The van der Waals surface area contributed by atoms with Gasteiger partial charge in [0.15, 0.2) is 5.11 Å². The van der Waals surface area contributed by atoms with Crippen molar-refractivity contribution in [2.45, 2.75) is 25.9 Å². The summed E-state index contributed by atoms with van der Waals surface area (Å²) >= 11 is 5.74. The van der Waals surface area contributed by atoms with Crippen molar-refractivity contribution in [1.82, 2.24) is 15.3 Å². The van der Waals surface area contributed by atoms with E-state index < -0.39 is 0 Å². The number of nitrogens with zero attached hydrogens (tertiary/aromatic N) is 2. The summed E-state index contributed by atoms with van der Waals surface area (Å²) in [7, 11) is 1.67. The number of H-pyrrole nitrogens is 1. The normalized spacial score (nSPS) is 19.2. The molecule has 1 aliphatic rings. The van der Waals surface area contributed by atoms with Crippen molar-refractivity contribution in [3.8, 4) is 5.75 Å². The lowest BCUT2D eigenvalue weighted by Gasteiger charge is -2.28. The molecule has 0 spiro atoms. The number of nitrogens with one attached hydrogen (secondary N) is 2. The number of pyridine rings is 1. The Hall–Kier alpha value is -2.86. The van der Waals surface area contributed by atoms with Crippen LogP contribution in [0, 0.1) is 13.8 Å². The zero-order valence-corrected chi connectivity index (χ0v) is 16.4. The molecule has 27 heavy (non-hydrogen) atoms. The highest BCUT2D eigenvalue weighted by atomic mass is 32.1. The van der Waals surface area contributed by atoms with Gasteiger partial charge >= 0.3 is 0 Å². The Morgan fingerprint density at radius 3 is 2.63 bits per heavy atom. The third-order valence-electron chi connectivity index (χ3n) is 4.94. The van der Waals surface area contributed by atoms with E-state index in [1.54, 1.807) is 7.11 Å². The Labute approximate surface area is 164 Å². The van der Waals surface area contributed by atoms with Gasteiger partial charge < -0.3 is 19.9 Å². The number of aromatic amines is 1. The smallest absolute Gasteiger partial charge is 0.174 e. The SMILES string of the molecule is COc1cccc(N2C(=S)N[C@@H](c3ccccn3)[C@H]2c2cc(C)[nH]c2C)c1. The highest BCUT2D eigenvalue weighted by molar-refractivity contribution is 7.80. The van der Waals surface area contributed by atoms with Crippen molar-refractivity contribution in [2.75, 3.05) is 12.0 Å². The van der Waals surface area contributed by atoms with Crippen molar-refractivity contribution >= 4 is 23.0 Å². The van der Waals surface area contributed by atoms with Crippen LogP contribution in [0.15, 0.2) is 54.7 Å². The van der Waals surface area contributed by atoms with Gasteiger partial charge in [-0.05, 0) is 62.0 Å². The minimum atomic E-state index is -0.0428. The van der Waals surface area contributed by atoms with Crippen LogP contribution in [-0.2, 0) is 0 Å². The van der Waals surface area contributed by atoms with Crippen LogP contribution in [0.3, 0.4) is 0 Å². The quantitative estimate of drug-likeness (QED) is 0.666. The second-order valence-corrected chi connectivity index (χ2v) is 7.12. The maximum atomic E-state index is 5.74. The number of hydrogen-bond acceptors (Lipinski definition) is 3. The van der Waals surface area contributed by atoms with Crippen LogP contribution in [0.5, 0.6) is 5.75 Å². The zero-order valence-electron chi connectivity index (χ0n) is 15.6. The molecule has 5 nitrogen and oxygen atoms in total. The number of hydrogen-bond donors (Lipinski definition) is 2. The molecular weight excluding hydrogens is 356 g/mol. The first kappa shape index (κ1) is 17.5. The van der Waals surface area contributed by atoms with E-state index in [4.69, 9.17) is 17.0 Å². The summed E-state index contributed by atoms with van der Waals surface area (Å²) in [6.45, 7) is 4.17. The van der Waals surface area contributed by atoms with Gasteiger partial charge in [-0.15, -0.1) is 0 Å². The predicted octanol–water partition coefficient (Wildman–Crippen LogP) is 4.21. The number of aromatic nitrogens is 2. The van der Waals surface area contributed by atoms with E-state index in [1.165, 1.54) is 5.56 Å². The molecule has 3 heterocycles. The molecule has 0 aliphatic carbocycles. The summed E-state index contributed by atoms with van der Waals surface area (Å²) in [6, 6.07) is 16.1. The fourth-order valence-electron chi connectivity index (χ4n) is 3.76. The lowest BCUT2D eigenvalue weighted by atomic mass is 9.96. The monoisotopic (exact) mass is 378 g/mol. The van der Waals surface area contributed by atoms with E-state index in [0.29, 0.717) is 5.11 Å². The van der Waals surface area contributed by atoms with Gasteiger partial charge in [0.25, 0.3) is 0 Å². The summed E-state index contributed by atoms with van der Waals surface area (Å²) in [5.41, 5.74) is 5.43. The first-order valence-electron chi connectivity index (χ1n) is 8.89. The molecule has 1 aromatic carbocycles. The first-order valence-corrected chi connectivity index (χ1v) is 9.30. The Balaban J connectivity index is 1.85. The zero-order chi connectivity index (χ0) is 19.0. The van der Waals surface area contributed by atoms with Gasteiger partial charge in [-0.25, -0.2) is 0 Å². The van der Waals surface area contributed by atoms with Crippen molar-refractivity contribution < 1.29 is 4.74 Å². The van der Waals surface area contributed by atoms with Gasteiger partial charge in [0, 0.05) is 29.3 Å². The summed E-state index contributed by atoms with van der Waals surface area (Å²) in [6.07, 6.45) is 1.82. The number of aryl methyl sites for hydroxylation is 2. The number of methoxy groups -OCH3 is 1. The number of ether oxygens (including phenoxy) is 1. The molecule has 0 radical (unpaired) electrons. The Bertz CT molecular complexity index is 969. The molecule has 1 saturated heterocycles. The number of anilines is 1. The van der Waals surface area contributed by atoms with Gasteiger partial charge in [0.2, 0.25) is 0 Å². The molecule has 1 aliphatic heterocycles. The van der Waals surface area contributed by atoms with Crippen LogP contribution < -0.4 is 15.0 Å². The third-order valence-corrected chi connectivity index (χ3v) is 5.25. The molecular formula is C21H22N4OS. The molecule has 4 rings (SSSR count). The van der Waals surface area contributed by atoms with E-state index >= 15 is 0 Å². The highest BCUT2D eigenvalue weighted by Crippen LogP contribution is 2.43. The van der Waals surface area contributed by atoms with E-state index in [0.717, 1.165) is 28.5 Å². The minimum Gasteiger partial charge on any atom is -0.497 e. The number of thiocarbonyl (C=S) groups is 1. The molecule has 0 amide bonds.